The molecule has 0 radical (unpaired) electrons. The summed E-state index contributed by atoms with van der Waals surface area (Å²) in [5.74, 6) is 2.41. The van der Waals surface area contributed by atoms with Crippen molar-refractivity contribution in [2.24, 2.45) is 0 Å². The van der Waals surface area contributed by atoms with Crippen molar-refractivity contribution in [3.05, 3.63) is 229 Å². The zero-order valence-corrected chi connectivity index (χ0v) is 49.0. The first-order valence-corrected chi connectivity index (χ1v) is 28.8. The van der Waals surface area contributed by atoms with Gasteiger partial charge in [0.15, 0.2) is 0 Å². The molecule has 0 unspecified atom stereocenters. The van der Waals surface area contributed by atoms with E-state index in [-0.39, 0.29) is 21.7 Å². The number of rotatable bonds is 6. The molecule has 0 aliphatic carbocycles. The Morgan fingerprint density at radius 1 is 0.370 bits per heavy atom. The first-order chi connectivity index (χ1) is 38.7. The number of ether oxygens (including phenoxy) is 1. The molecule has 0 N–H and O–H groups in total. The van der Waals surface area contributed by atoms with Crippen molar-refractivity contribution in [2.45, 2.75) is 111 Å². The maximum Gasteiger partial charge on any atom is 0.137 e. The summed E-state index contributed by atoms with van der Waals surface area (Å²) in [5, 5.41) is 9.62. The zero-order chi connectivity index (χ0) is 56.3. The van der Waals surface area contributed by atoms with Gasteiger partial charge in [-0.25, -0.2) is 4.98 Å². The van der Waals surface area contributed by atoms with Crippen LogP contribution >= 0.6 is 0 Å². The average Bonchev–Trinajstić information content (AvgIpc) is 4.26. The van der Waals surface area contributed by atoms with Gasteiger partial charge in [0.25, 0.3) is 0 Å². The van der Waals surface area contributed by atoms with Gasteiger partial charge < -0.3 is 14.2 Å². The molecule has 5 heteroatoms. The highest BCUT2D eigenvalue weighted by molar-refractivity contribution is 6.22. The van der Waals surface area contributed by atoms with E-state index in [0.29, 0.717) is 6.67 Å². The van der Waals surface area contributed by atoms with Crippen LogP contribution in [-0.2, 0) is 28.3 Å². The lowest BCUT2D eigenvalue weighted by atomic mass is 9.82. The number of aromatic nitrogens is 3. The molecule has 1 aliphatic heterocycles. The first-order valence-electron chi connectivity index (χ1n) is 28.8. The predicted molar refractivity (Wildman–Crippen MR) is 345 cm³/mol. The number of hydrogen-bond donors (Lipinski definition) is 0. The molecule has 3 aromatic heterocycles. The van der Waals surface area contributed by atoms with E-state index in [1.165, 1.54) is 93.2 Å². The molecule has 0 bridgehead atoms. The normalized spacial score (nSPS) is 13.1. The molecule has 0 saturated heterocycles. The Labute approximate surface area is 477 Å². The minimum Gasteiger partial charge on any atom is -0.457 e. The number of anilines is 2. The van der Waals surface area contributed by atoms with Gasteiger partial charge in [-0.2, -0.15) is 0 Å². The van der Waals surface area contributed by atoms with E-state index < -0.39 is 0 Å². The Morgan fingerprint density at radius 2 is 0.938 bits per heavy atom. The van der Waals surface area contributed by atoms with Gasteiger partial charge in [0.05, 0.1) is 27.8 Å². The predicted octanol–water partition coefficient (Wildman–Crippen LogP) is 21.1. The summed E-state index contributed by atoms with van der Waals surface area (Å²) in [7, 11) is 0. The van der Waals surface area contributed by atoms with Gasteiger partial charge in [-0.3, -0.25) is 4.57 Å². The molecule has 1 aliphatic rings. The largest absolute Gasteiger partial charge is 0.457 e. The Balaban J connectivity index is 1.03. The molecule has 12 aromatic rings. The van der Waals surface area contributed by atoms with Crippen molar-refractivity contribution in [3.63, 3.8) is 0 Å². The third kappa shape index (κ3) is 9.17. The summed E-state index contributed by atoms with van der Waals surface area (Å²) in [6.07, 6.45) is 1.93. The summed E-state index contributed by atoms with van der Waals surface area (Å²) in [6, 6.07) is 74.7. The third-order valence-electron chi connectivity index (χ3n) is 16.9. The van der Waals surface area contributed by atoms with Gasteiger partial charge in [0, 0.05) is 51.1 Å². The summed E-state index contributed by atoms with van der Waals surface area (Å²) in [4.78, 5) is 7.43. The summed E-state index contributed by atoms with van der Waals surface area (Å²) in [6.45, 7) is 28.2. The fraction of sp³-hybridized carbons (Fsp3) is 0.224. The SMILES string of the molecule is CC(C)(C)c1ccc(-c2cc(-c3cccc4c5cc(C(C)(C)C)ccc5c5ccccc5c5cccc6c5n(c34)CN6c3cccc(Oc4ccc5c6ccccc6n(-c6cc(C(C)(C)C)ccn6)c5c4)c3)cc(C(C)(C)C)c2)cc1. The van der Waals surface area contributed by atoms with Crippen molar-refractivity contribution < 1.29 is 4.74 Å². The maximum absolute atomic E-state index is 6.98. The van der Waals surface area contributed by atoms with Crippen LogP contribution in [-0.4, -0.2) is 14.1 Å². The molecule has 5 nitrogen and oxygen atoms in total. The van der Waals surface area contributed by atoms with Gasteiger partial charge in [-0.05, 0) is 143 Å². The number of nitrogens with zero attached hydrogens (tertiary/aromatic N) is 4. The van der Waals surface area contributed by atoms with Crippen LogP contribution < -0.4 is 9.64 Å². The second-order valence-electron chi connectivity index (χ2n) is 26.6. The molecule has 0 amide bonds. The number of fused-ring (bicyclic) bond motifs is 10. The number of pyridine rings is 1. The van der Waals surface area contributed by atoms with E-state index in [9.17, 15) is 0 Å². The average molecular weight is 1060 g/mol. The minimum atomic E-state index is -0.108. The highest BCUT2D eigenvalue weighted by atomic mass is 16.5. The van der Waals surface area contributed by atoms with Crippen LogP contribution in [0.2, 0.25) is 0 Å². The van der Waals surface area contributed by atoms with Crippen LogP contribution in [0.25, 0.3) is 93.2 Å². The Bertz CT molecular complexity index is 4560. The Kier molecular flexibility index (Phi) is 12.1. The van der Waals surface area contributed by atoms with Crippen molar-refractivity contribution >= 4 is 76.5 Å². The highest BCUT2D eigenvalue weighted by Crippen LogP contribution is 2.47. The van der Waals surface area contributed by atoms with Gasteiger partial charge in [0.2, 0.25) is 0 Å². The number of para-hydroxylation sites is 3. The summed E-state index contributed by atoms with van der Waals surface area (Å²) in [5.41, 5.74) is 16.5. The molecular weight excluding hydrogens is 985 g/mol. The van der Waals surface area contributed by atoms with E-state index in [2.05, 4.69) is 297 Å². The van der Waals surface area contributed by atoms with E-state index >= 15 is 0 Å². The number of benzene rings is 9. The maximum atomic E-state index is 6.98. The lowest BCUT2D eigenvalue weighted by Crippen LogP contribution is -2.15. The van der Waals surface area contributed by atoms with E-state index in [4.69, 9.17) is 9.72 Å². The number of hydrogen-bond acceptors (Lipinski definition) is 3. The van der Waals surface area contributed by atoms with Crippen LogP contribution in [0.3, 0.4) is 0 Å². The molecule has 4 heterocycles. The highest BCUT2D eigenvalue weighted by Gasteiger charge is 2.28. The molecule has 0 spiro atoms. The van der Waals surface area contributed by atoms with Gasteiger partial charge in [-0.15, -0.1) is 0 Å². The van der Waals surface area contributed by atoms with Crippen LogP contribution in [0.15, 0.2) is 206 Å². The second-order valence-corrected chi connectivity index (χ2v) is 26.6. The fourth-order valence-electron chi connectivity index (χ4n) is 12.3. The van der Waals surface area contributed by atoms with Crippen molar-refractivity contribution in [1.29, 1.82) is 0 Å². The molecule has 0 fully saturated rings. The fourth-order valence-corrected chi connectivity index (χ4v) is 12.3. The van der Waals surface area contributed by atoms with E-state index in [1.54, 1.807) is 0 Å². The monoisotopic (exact) mass is 1060 g/mol. The van der Waals surface area contributed by atoms with Crippen molar-refractivity contribution in [3.8, 4) is 39.6 Å². The van der Waals surface area contributed by atoms with Crippen molar-refractivity contribution in [2.75, 3.05) is 4.90 Å². The van der Waals surface area contributed by atoms with Gasteiger partial charge >= 0.3 is 0 Å². The standard InChI is InChI=1S/C76H72N4O/c1-73(2,3)51-32-30-48(31-33-51)49-40-50(42-54(41-49)76(10,11)12)58-25-18-26-65-66-43-52(74(4,5)6)34-36-61(66)59-22-13-14-23-60(59)64-27-19-29-68-72(64)79(71(58)65)47-78(68)55-20-17-21-56(45-55)81-57-35-37-63-62-24-15-16-28-67(62)80(69(63)46-57)70-44-53(38-39-77-70)75(7,8)9/h13-46H,47H2,1-12H3. The molecule has 9 aromatic carbocycles. The summed E-state index contributed by atoms with van der Waals surface area (Å²) >= 11 is 0. The van der Waals surface area contributed by atoms with E-state index in [0.717, 1.165) is 45.1 Å². The van der Waals surface area contributed by atoms with Gasteiger partial charge in [-0.1, -0.05) is 210 Å². The van der Waals surface area contributed by atoms with Gasteiger partial charge in [0.1, 0.15) is 24.0 Å². The van der Waals surface area contributed by atoms with Crippen molar-refractivity contribution in [1.82, 2.24) is 14.1 Å². The topological polar surface area (TPSA) is 35.2 Å². The lowest BCUT2D eigenvalue weighted by molar-refractivity contribution is 0.483. The lowest BCUT2D eigenvalue weighted by Gasteiger charge is -2.23. The quantitative estimate of drug-likeness (QED) is 0.166. The minimum absolute atomic E-state index is 0.0285. The second kappa shape index (κ2) is 19.0. The smallest absolute Gasteiger partial charge is 0.137 e. The Hall–Kier alpha value is -8.67. The van der Waals surface area contributed by atoms with Crippen LogP contribution in [0.4, 0.5) is 11.4 Å². The van der Waals surface area contributed by atoms with Crippen LogP contribution in [0.5, 0.6) is 11.5 Å². The molecule has 0 atom stereocenters. The molecular formula is C76H72N4O. The zero-order valence-electron chi connectivity index (χ0n) is 49.0. The molecule has 0 saturated carbocycles. The van der Waals surface area contributed by atoms with Crippen LogP contribution in [0.1, 0.15) is 105 Å². The summed E-state index contributed by atoms with van der Waals surface area (Å²) < 4.78 is 11.9. The molecule has 402 valence electrons. The first kappa shape index (κ1) is 51.7. The molecule has 81 heavy (non-hydrogen) atoms. The molecule has 13 rings (SSSR count). The third-order valence-corrected chi connectivity index (χ3v) is 16.9. The Morgan fingerprint density at radius 3 is 1.67 bits per heavy atom. The van der Waals surface area contributed by atoms with Crippen LogP contribution in [0, 0.1) is 0 Å². The van der Waals surface area contributed by atoms with E-state index in [1.807, 2.05) is 6.20 Å².